The molecule has 1 aliphatic rings. The van der Waals surface area contributed by atoms with Crippen LogP contribution in [0.3, 0.4) is 0 Å². The third-order valence-corrected chi connectivity index (χ3v) is 4.00. The minimum atomic E-state index is 0. The molecule has 0 radical (unpaired) electrons. The predicted octanol–water partition coefficient (Wildman–Crippen LogP) is 3.53. The maximum absolute atomic E-state index is 4.57. The Balaban J connectivity index is 0.00000176. The van der Waals surface area contributed by atoms with Crippen molar-refractivity contribution in [2.45, 2.75) is 25.4 Å². The molecule has 1 aliphatic heterocycles. The van der Waals surface area contributed by atoms with Crippen LogP contribution in [0.5, 0.6) is 0 Å². The first kappa shape index (κ1) is 16.8. The van der Waals surface area contributed by atoms with Crippen LogP contribution in [0.2, 0.25) is 0 Å². The van der Waals surface area contributed by atoms with Crippen molar-refractivity contribution in [1.82, 2.24) is 10.6 Å². The molecule has 3 nitrogen and oxygen atoms in total. The third-order valence-electron chi connectivity index (χ3n) is 4.00. The summed E-state index contributed by atoms with van der Waals surface area (Å²) in [6.45, 7) is 3.88. The normalized spacial score (nSPS) is 17.9. The molecule has 2 atom stereocenters. The van der Waals surface area contributed by atoms with Crippen LogP contribution in [0.15, 0.2) is 65.7 Å². The van der Waals surface area contributed by atoms with Gasteiger partial charge in [-0.25, -0.2) is 0 Å². The standard InChI is InChI=1S/C18H21N3.HI/c1-14(16-10-6-3-7-11-16)17-13-20-18(21-17)19-12-15-8-4-2-5-9-15;/h2-11,14,17H,12-13H2,1H3,(H2,19,20,21);1H. The van der Waals surface area contributed by atoms with Crippen molar-refractivity contribution in [3.63, 3.8) is 0 Å². The Kier molecular flexibility index (Phi) is 6.24. The zero-order valence-electron chi connectivity index (χ0n) is 12.7. The van der Waals surface area contributed by atoms with Crippen LogP contribution in [-0.4, -0.2) is 18.5 Å². The van der Waals surface area contributed by atoms with E-state index in [1.165, 1.54) is 11.1 Å². The first-order valence-electron chi connectivity index (χ1n) is 7.46. The average molecular weight is 407 g/mol. The molecule has 116 valence electrons. The molecule has 2 unspecified atom stereocenters. The van der Waals surface area contributed by atoms with Crippen LogP contribution in [-0.2, 0) is 6.54 Å². The van der Waals surface area contributed by atoms with E-state index in [-0.39, 0.29) is 24.0 Å². The van der Waals surface area contributed by atoms with E-state index in [2.05, 4.69) is 77.1 Å². The number of rotatable bonds is 4. The minimum absolute atomic E-state index is 0. The smallest absolute Gasteiger partial charge is 0.191 e. The van der Waals surface area contributed by atoms with Gasteiger partial charge in [-0.1, -0.05) is 67.6 Å². The zero-order valence-corrected chi connectivity index (χ0v) is 15.0. The number of nitrogens with one attached hydrogen (secondary N) is 2. The first-order chi connectivity index (χ1) is 10.3. The molecule has 0 bridgehead atoms. The number of guanidine groups is 1. The van der Waals surface area contributed by atoms with E-state index in [4.69, 9.17) is 0 Å². The van der Waals surface area contributed by atoms with E-state index < -0.39 is 0 Å². The number of hydrogen-bond donors (Lipinski definition) is 2. The molecule has 0 saturated carbocycles. The molecule has 0 spiro atoms. The summed E-state index contributed by atoms with van der Waals surface area (Å²) in [5.41, 5.74) is 2.62. The molecule has 2 aromatic carbocycles. The molecule has 0 aliphatic carbocycles. The Morgan fingerprint density at radius 2 is 1.73 bits per heavy atom. The summed E-state index contributed by atoms with van der Waals surface area (Å²) in [6.07, 6.45) is 0. The molecule has 0 saturated heterocycles. The molecular formula is C18H22IN3. The second-order valence-electron chi connectivity index (χ2n) is 5.48. The van der Waals surface area contributed by atoms with E-state index in [1.54, 1.807) is 0 Å². The van der Waals surface area contributed by atoms with Gasteiger partial charge in [0.05, 0.1) is 12.6 Å². The van der Waals surface area contributed by atoms with Crippen molar-refractivity contribution < 1.29 is 0 Å². The van der Waals surface area contributed by atoms with E-state index in [0.29, 0.717) is 12.0 Å². The summed E-state index contributed by atoms with van der Waals surface area (Å²) >= 11 is 0. The van der Waals surface area contributed by atoms with Crippen LogP contribution in [0.25, 0.3) is 0 Å². The molecule has 3 rings (SSSR count). The van der Waals surface area contributed by atoms with Crippen molar-refractivity contribution in [2.24, 2.45) is 4.99 Å². The van der Waals surface area contributed by atoms with Crippen LogP contribution in [0.1, 0.15) is 24.0 Å². The summed E-state index contributed by atoms with van der Waals surface area (Å²) in [7, 11) is 0. The number of nitrogens with zero attached hydrogens (tertiary/aromatic N) is 1. The fourth-order valence-corrected chi connectivity index (χ4v) is 2.62. The fourth-order valence-electron chi connectivity index (χ4n) is 2.62. The zero-order chi connectivity index (χ0) is 14.5. The average Bonchev–Trinajstić information content (AvgIpc) is 3.03. The molecule has 22 heavy (non-hydrogen) atoms. The molecule has 4 heteroatoms. The monoisotopic (exact) mass is 407 g/mol. The van der Waals surface area contributed by atoms with Gasteiger partial charge in [-0.05, 0) is 11.1 Å². The Morgan fingerprint density at radius 3 is 2.41 bits per heavy atom. The lowest BCUT2D eigenvalue weighted by Crippen LogP contribution is -2.40. The Labute approximate surface area is 149 Å². The summed E-state index contributed by atoms with van der Waals surface area (Å²) in [4.78, 5) is 4.57. The van der Waals surface area contributed by atoms with Gasteiger partial charge in [-0.15, -0.1) is 24.0 Å². The number of aliphatic imine (C=N–C) groups is 1. The lowest BCUT2D eigenvalue weighted by atomic mass is 9.94. The number of halogens is 1. The minimum Gasteiger partial charge on any atom is -0.352 e. The maximum atomic E-state index is 4.57. The SMILES string of the molecule is CC(c1ccccc1)C1CN=C(NCc2ccccc2)N1.I. The fraction of sp³-hybridized carbons (Fsp3) is 0.278. The molecule has 0 fully saturated rings. The Hall–Kier alpha value is -1.56. The quantitative estimate of drug-likeness (QED) is 0.761. The van der Waals surface area contributed by atoms with Crippen LogP contribution >= 0.6 is 24.0 Å². The Morgan fingerprint density at radius 1 is 1.09 bits per heavy atom. The molecule has 0 aromatic heterocycles. The van der Waals surface area contributed by atoms with Gasteiger partial charge in [0, 0.05) is 12.5 Å². The predicted molar refractivity (Wildman–Crippen MR) is 103 cm³/mol. The summed E-state index contributed by atoms with van der Waals surface area (Å²) in [5.74, 6) is 1.36. The topological polar surface area (TPSA) is 36.4 Å². The van der Waals surface area contributed by atoms with E-state index >= 15 is 0 Å². The van der Waals surface area contributed by atoms with Crippen LogP contribution in [0, 0.1) is 0 Å². The molecule has 1 heterocycles. The van der Waals surface area contributed by atoms with Gasteiger partial charge >= 0.3 is 0 Å². The van der Waals surface area contributed by atoms with Gasteiger partial charge in [-0.3, -0.25) is 4.99 Å². The molecule has 0 amide bonds. The van der Waals surface area contributed by atoms with Crippen molar-refractivity contribution in [1.29, 1.82) is 0 Å². The molecular weight excluding hydrogens is 385 g/mol. The second-order valence-corrected chi connectivity index (χ2v) is 5.48. The van der Waals surface area contributed by atoms with Gasteiger partial charge in [0.1, 0.15) is 0 Å². The first-order valence-corrected chi connectivity index (χ1v) is 7.46. The van der Waals surface area contributed by atoms with E-state index in [1.807, 2.05) is 6.07 Å². The van der Waals surface area contributed by atoms with Crippen molar-refractivity contribution in [3.05, 3.63) is 71.8 Å². The number of benzene rings is 2. The maximum Gasteiger partial charge on any atom is 0.191 e. The van der Waals surface area contributed by atoms with Gasteiger partial charge in [-0.2, -0.15) is 0 Å². The largest absolute Gasteiger partial charge is 0.352 e. The second kappa shape index (κ2) is 8.17. The summed E-state index contributed by atoms with van der Waals surface area (Å²) in [6, 6.07) is 21.4. The van der Waals surface area contributed by atoms with Gasteiger partial charge < -0.3 is 10.6 Å². The highest BCUT2D eigenvalue weighted by Gasteiger charge is 2.24. The third kappa shape index (κ3) is 4.22. The van der Waals surface area contributed by atoms with Crippen LogP contribution in [0.4, 0.5) is 0 Å². The van der Waals surface area contributed by atoms with Gasteiger partial charge in [0.15, 0.2) is 5.96 Å². The van der Waals surface area contributed by atoms with Gasteiger partial charge in [0.25, 0.3) is 0 Å². The number of hydrogen-bond acceptors (Lipinski definition) is 3. The van der Waals surface area contributed by atoms with Crippen molar-refractivity contribution >= 4 is 29.9 Å². The van der Waals surface area contributed by atoms with Crippen molar-refractivity contribution in [3.8, 4) is 0 Å². The van der Waals surface area contributed by atoms with Crippen LogP contribution < -0.4 is 10.6 Å². The van der Waals surface area contributed by atoms with Gasteiger partial charge in [0.2, 0.25) is 0 Å². The summed E-state index contributed by atoms with van der Waals surface area (Å²) < 4.78 is 0. The van der Waals surface area contributed by atoms with Crippen molar-refractivity contribution in [2.75, 3.05) is 6.54 Å². The Bertz CT molecular complexity index is 598. The highest BCUT2D eigenvalue weighted by atomic mass is 127. The highest BCUT2D eigenvalue weighted by molar-refractivity contribution is 14.0. The molecule has 2 N–H and O–H groups in total. The summed E-state index contributed by atoms with van der Waals surface area (Å²) in [5, 5.41) is 6.87. The van der Waals surface area contributed by atoms with E-state index in [0.717, 1.165) is 19.0 Å². The molecule has 2 aromatic rings. The van der Waals surface area contributed by atoms with E-state index in [9.17, 15) is 0 Å². The highest BCUT2D eigenvalue weighted by Crippen LogP contribution is 2.20. The lowest BCUT2D eigenvalue weighted by molar-refractivity contribution is 0.552. The lowest BCUT2D eigenvalue weighted by Gasteiger charge is -2.20.